The lowest BCUT2D eigenvalue weighted by Crippen LogP contribution is -2.29. The zero-order valence-electron chi connectivity index (χ0n) is 20.5. The van der Waals surface area contributed by atoms with Crippen molar-refractivity contribution in [3.8, 4) is 11.5 Å². The number of pyridine rings is 1. The normalized spacial score (nSPS) is 15.6. The van der Waals surface area contributed by atoms with Gasteiger partial charge < -0.3 is 19.2 Å². The predicted octanol–water partition coefficient (Wildman–Crippen LogP) is 2.91. The molecular formula is C26H30N6O4. The average Bonchev–Trinajstić information content (AvgIpc) is 3.57. The van der Waals surface area contributed by atoms with Crippen LogP contribution in [-0.4, -0.2) is 57.0 Å². The lowest BCUT2D eigenvalue weighted by molar-refractivity contribution is 0.0914. The van der Waals surface area contributed by atoms with Crippen molar-refractivity contribution in [1.82, 2.24) is 30.1 Å². The lowest BCUT2D eigenvalue weighted by atomic mass is 10.1. The highest BCUT2D eigenvalue weighted by Crippen LogP contribution is 2.31. The maximum Gasteiger partial charge on any atom is 0.252 e. The zero-order chi connectivity index (χ0) is 24.9. The third-order valence-corrected chi connectivity index (χ3v) is 6.44. The van der Waals surface area contributed by atoms with E-state index in [1.165, 1.54) is 0 Å². The summed E-state index contributed by atoms with van der Waals surface area (Å²) in [4.78, 5) is 18.2. The Morgan fingerprint density at radius 2 is 1.89 bits per heavy atom. The van der Waals surface area contributed by atoms with Crippen molar-refractivity contribution < 1.29 is 14.2 Å². The molecule has 1 aliphatic heterocycles. The highest BCUT2D eigenvalue weighted by atomic mass is 16.5. The highest BCUT2D eigenvalue weighted by Gasteiger charge is 2.21. The molecule has 36 heavy (non-hydrogen) atoms. The number of fused-ring (bicyclic) bond motifs is 1. The summed E-state index contributed by atoms with van der Waals surface area (Å²) in [7, 11) is 3.17. The maximum absolute atomic E-state index is 13.1. The second-order valence-corrected chi connectivity index (χ2v) is 8.96. The van der Waals surface area contributed by atoms with E-state index in [4.69, 9.17) is 14.2 Å². The molecular weight excluding hydrogens is 460 g/mol. The van der Waals surface area contributed by atoms with E-state index in [0.717, 1.165) is 36.2 Å². The summed E-state index contributed by atoms with van der Waals surface area (Å²) in [6.45, 7) is 2.94. The van der Waals surface area contributed by atoms with Crippen LogP contribution in [0.25, 0.3) is 10.9 Å². The Labute approximate surface area is 208 Å². The molecule has 1 fully saturated rings. The summed E-state index contributed by atoms with van der Waals surface area (Å²) >= 11 is 0. The number of aromatic amines is 1. The van der Waals surface area contributed by atoms with Gasteiger partial charge in [-0.3, -0.25) is 9.69 Å². The Kier molecular flexibility index (Phi) is 7.24. The van der Waals surface area contributed by atoms with Gasteiger partial charge in [0.1, 0.15) is 0 Å². The number of benzene rings is 2. The van der Waals surface area contributed by atoms with Crippen molar-refractivity contribution in [3.05, 3.63) is 75.8 Å². The number of rotatable bonds is 10. The molecule has 0 saturated carbocycles. The Morgan fingerprint density at radius 1 is 1.08 bits per heavy atom. The molecule has 1 N–H and O–H groups in total. The molecule has 0 radical (unpaired) electrons. The molecule has 0 aliphatic carbocycles. The number of H-pyrrole nitrogens is 1. The molecule has 2 aromatic carbocycles. The molecule has 188 valence electrons. The van der Waals surface area contributed by atoms with Gasteiger partial charge in [0.15, 0.2) is 17.3 Å². The monoisotopic (exact) mass is 490 g/mol. The molecule has 1 atom stereocenters. The van der Waals surface area contributed by atoms with Gasteiger partial charge in [0.2, 0.25) is 0 Å². The zero-order valence-corrected chi connectivity index (χ0v) is 20.5. The Hall–Kier alpha value is -3.76. The van der Waals surface area contributed by atoms with Gasteiger partial charge in [0, 0.05) is 36.7 Å². The number of ether oxygens (including phenoxy) is 3. The number of hydrogen-bond acceptors (Lipinski definition) is 8. The fraction of sp³-hybridized carbons (Fsp3) is 0.385. The molecule has 5 rings (SSSR count). The first-order valence-electron chi connectivity index (χ1n) is 12.0. The SMILES string of the molecule is COc1cc2cc(CN(Cc3ccccc3)Cc3nnnn3CC3CCCO3)c(=O)[nH]c2cc1OC. The van der Waals surface area contributed by atoms with Gasteiger partial charge in [-0.15, -0.1) is 5.10 Å². The van der Waals surface area contributed by atoms with Crippen LogP contribution in [0, 0.1) is 0 Å². The van der Waals surface area contributed by atoms with E-state index in [2.05, 4.69) is 37.5 Å². The molecule has 1 unspecified atom stereocenters. The number of nitrogens with one attached hydrogen (secondary N) is 1. The summed E-state index contributed by atoms with van der Waals surface area (Å²) in [5, 5.41) is 13.3. The molecule has 1 saturated heterocycles. The van der Waals surface area contributed by atoms with Gasteiger partial charge in [-0.05, 0) is 41.0 Å². The van der Waals surface area contributed by atoms with Crippen LogP contribution in [0.5, 0.6) is 11.5 Å². The van der Waals surface area contributed by atoms with Crippen LogP contribution in [0.15, 0.2) is 53.3 Å². The summed E-state index contributed by atoms with van der Waals surface area (Å²) in [6, 6.07) is 15.7. The van der Waals surface area contributed by atoms with Gasteiger partial charge in [-0.25, -0.2) is 4.68 Å². The smallest absolute Gasteiger partial charge is 0.252 e. The minimum Gasteiger partial charge on any atom is -0.493 e. The van der Waals surface area contributed by atoms with Crippen LogP contribution in [0.2, 0.25) is 0 Å². The molecule has 4 aromatic rings. The largest absolute Gasteiger partial charge is 0.493 e. The highest BCUT2D eigenvalue weighted by molar-refractivity contribution is 5.83. The summed E-state index contributed by atoms with van der Waals surface area (Å²) in [5.41, 5.74) is 2.33. The van der Waals surface area contributed by atoms with Crippen molar-refractivity contribution >= 4 is 10.9 Å². The van der Waals surface area contributed by atoms with Gasteiger partial charge in [-0.2, -0.15) is 0 Å². The van der Waals surface area contributed by atoms with Crippen molar-refractivity contribution in [1.29, 1.82) is 0 Å². The second kappa shape index (κ2) is 10.9. The number of hydrogen-bond donors (Lipinski definition) is 1. The van der Waals surface area contributed by atoms with Crippen LogP contribution in [0.3, 0.4) is 0 Å². The van der Waals surface area contributed by atoms with Gasteiger partial charge >= 0.3 is 0 Å². The third kappa shape index (κ3) is 5.39. The van der Waals surface area contributed by atoms with E-state index in [0.29, 0.717) is 48.8 Å². The topological polar surface area (TPSA) is 107 Å². The minimum atomic E-state index is -0.147. The van der Waals surface area contributed by atoms with Gasteiger partial charge in [0.25, 0.3) is 5.56 Å². The van der Waals surface area contributed by atoms with Gasteiger partial charge in [-0.1, -0.05) is 30.3 Å². The summed E-state index contributed by atoms with van der Waals surface area (Å²) in [6.07, 6.45) is 2.20. The number of nitrogens with zero attached hydrogens (tertiary/aromatic N) is 5. The number of methoxy groups -OCH3 is 2. The van der Waals surface area contributed by atoms with E-state index >= 15 is 0 Å². The fourth-order valence-electron chi connectivity index (χ4n) is 4.61. The predicted molar refractivity (Wildman–Crippen MR) is 134 cm³/mol. The first-order chi connectivity index (χ1) is 17.6. The lowest BCUT2D eigenvalue weighted by Gasteiger charge is -2.22. The maximum atomic E-state index is 13.1. The van der Waals surface area contributed by atoms with Crippen LogP contribution < -0.4 is 15.0 Å². The van der Waals surface area contributed by atoms with E-state index in [1.54, 1.807) is 20.3 Å². The Bertz CT molecular complexity index is 1360. The van der Waals surface area contributed by atoms with Crippen LogP contribution in [0.4, 0.5) is 0 Å². The van der Waals surface area contributed by atoms with Crippen LogP contribution in [-0.2, 0) is 30.9 Å². The minimum absolute atomic E-state index is 0.130. The molecule has 0 spiro atoms. The van der Waals surface area contributed by atoms with E-state index in [9.17, 15) is 4.79 Å². The fourth-order valence-corrected chi connectivity index (χ4v) is 4.61. The third-order valence-electron chi connectivity index (χ3n) is 6.44. The van der Waals surface area contributed by atoms with Crippen LogP contribution in [0.1, 0.15) is 29.8 Å². The standard InChI is InChI=1S/C26H30N6O4/c1-34-23-12-19-11-20(26(33)27-22(19)13-24(23)35-2)15-31(14-18-7-4-3-5-8-18)17-25-28-29-30-32(25)16-21-9-6-10-36-21/h3-5,7-8,11-13,21H,6,9-10,14-17H2,1-2H3,(H,27,33). The van der Waals surface area contributed by atoms with Gasteiger partial charge in [0.05, 0.1) is 38.9 Å². The quantitative estimate of drug-likeness (QED) is 0.362. The van der Waals surface area contributed by atoms with Crippen molar-refractivity contribution in [2.45, 2.75) is 45.1 Å². The molecule has 10 heteroatoms. The Balaban J connectivity index is 1.44. The van der Waals surface area contributed by atoms with E-state index in [1.807, 2.05) is 35.0 Å². The second-order valence-electron chi connectivity index (χ2n) is 8.96. The molecule has 0 bridgehead atoms. The van der Waals surface area contributed by atoms with Crippen molar-refractivity contribution in [2.75, 3.05) is 20.8 Å². The Morgan fingerprint density at radius 3 is 2.64 bits per heavy atom. The molecule has 1 aliphatic rings. The van der Waals surface area contributed by atoms with Crippen molar-refractivity contribution in [2.24, 2.45) is 0 Å². The van der Waals surface area contributed by atoms with E-state index in [-0.39, 0.29) is 11.7 Å². The first kappa shape index (κ1) is 24.0. The van der Waals surface area contributed by atoms with Crippen molar-refractivity contribution in [3.63, 3.8) is 0 Å². The van der Waals surface area contributed by atoms with Crippen LogP contribution >= 0.6 is 0 Å². The molecule has 2 aromatic heterocycles. The summed E-state index contributed by atoms with van der Waals surface area (Å²) in [5.74, 6) is 1.92. The number of tetrazole rings is 1. The first-order valence-corrected chi connectivity index (χ1v) is 12.0. The molecule has 0 amide bonds. The molecule has 10 nitrogen and oxygen atoms in total. The molecule has 3 heterocycles. The summed E-state index contributed by atoms with van der Waals surface area (Å²) < 4.78 is 18.4. The average molecular weight is 491 g/mol. The van der Waals surface area contributed by atoms with E-state index < -0.39 is 0 Å². The number of aromatic nitrogens is 5.